The molecule has 24 heavy (non-hydrogen) atoms. The van der Waals surface area contributed by atoms with Crippen molar-refractivity contribution in [3.8, 4) is 5.88 Å². The average Bonchev–Trinajstić information content (AvgIpc) is 3.06. The summed E-state index contributed by atoms with van der Waals surface area (Å²) in [6, 6.07) is 5.98. The van der Waals surface area contributed by atoms with Gasteiger partial charge in [-0.3, -0.25) is 4.90 Å². The number of β-amino-alcohol motifs (C(OH)–C–C–N with tert-alkyl or cyclic N) is 1. The van der Waals surface area contributed by atoms with Gasteiger partial charge in [-0.25, -0.2) is 9.67 Å². The largest absolute Gasteiger partial charge is 0.481 e. The molecule has 1 N–H and O–H groups in total. The number of hydrogen-bond acceptors (Lipinski definition) is 6. The van der Waals surface area contributed by atoms with Crippen LogP contribution in [0.15, 0.2) is 24.4 Å². The van der Waals surface area contributed by atoms with Gasteiger partial charge in [0.05, 0.1) is 19.0 Å². The molecule has 2 aromatic heterocycles. The first-order valence-electron chi connectivity index (χ1n) is 8.37. The molecule has 0 radical (unpaired) electrons. The number of rotatable bonds is 5. The number of pyridine rings is 1. The molecule has 7 heteroatoms. The van der Waals surface area contributed by atoms with E-state index >= 15 is 0 Å². The minimum atomic E-state index is -0.954. The second kappa shape index (κ2) is 6.86. The lowest BCUT2D eigenvalue weighted by molar-refractivity contribution is -0.0417. The predicted molar refractivity (Wildman–Crippen MR) is 89.6 cm³/mol. The smallest absolute Gasteiger partial charge is 0.213 e. The van der Waals surface area contributed by atoms with Crippen molar-refractivity contribution in [2.24, 2.45) is 0 Å². The lowest BCUT2D eigenvalue weighted by atomic mass is 9.90. The summed E-state index contributed by atoms with van der Waals surface area (Å²) in [5.74, 6) is 0.611. The Morgan fingerprint density at radius 2 is 2.21 bits per heavy atom. The summed E-state index contributed by atoms with van der Waals surface area (Å²) >= 11 is 0. The van der Waals surface area contributed by atoms with Gasteiger partial charge in [0.15, 0.2) is 0 Å². The number of aromatic nitrogens is 4. The van der Waals surface area contributed by atoms with Crippen molar-refractivity contribution in [3.63, 3.8) is 0 Å². The van der Waals surface area contributed by atoms with Gasteiger partial charge in [0.25, 0.3) is 0 Å². The molecular weight excluding hydrogens is 306 g/mol. The van der Waals surface area contributed by atoms with Crippen LogP contribution in [0.25, 0.3) is 0 Å². The van der Waals surface area contributed by atoms with Crippen LogP contribution >= 0.6 is 0 Å². The molecule has 0 spiro atoms. The second-order valence-electron chi connectivity index (χ2n) is 6.69. The zero-order valence-electron chi connectivity index (χ0n) is 14.5. The van der Waals surface area contributed by atoms with E-state index in [0.717, 1.165) is 18.7 Å². The van der Waals surface area contributed by atoms with Crippen LogP contribution in [0.1, 0.15) is 44.1 Å². The Morgan fingerprint density at radius 3 is 2.92 bits per heavy atom. The van der Waals surface area contributed by atoms with E-state index in [4.69, 9.17) is 4.74 Å². The molecule has 1 aliphatic heterocycles. The zero-order valence-corrected chi connectivity index (χ0v) is 14.5. The van der Waals surface area contributed by atoms with Crippen molar-refractivity contribution >= 4 is 0 Å². The lowest BCUT2D eigenvalue weighted by Gasteiger charge is -2.37. The minimum Gasteiger partial charge on any atom is -0.481 e. The molecule has 0 aromatic carbocycles. The molecule has 7 nitrogen and oxygen atoms in total. The summed E-state index contributed by atoms with van der Waals surface area (Å²) in [6.07, 6.45) is 3.47. The maximum absolute atomic E-state index is 11.1. The lowest BCUT2D eigenvalue weighted by Crippen LogP contribution is -2.46. The van der Waals surface area contributed by atoms with Crippen molar-refractivity contribution in [2.45, 2.75) is 44.9 Å². The quantitative estimate of drug-likeness (QED) is 0.899. The average molecular weight is 331 g/mol. The maximum atomic E-state index is 11.1. The minimum absolute atomic E-state index is 0.232. The number of ether oxygens (including phenoxy) is 1. The number of piperidine rings is 1. The van der Waals surface area contributed by atoms with Crippen LogP contribution in [-0.4, -0.2) is 50.2 Å². The van der Waals surface area contributed by atoms with Gasteiger partial charge >= 0.3 is 0 Å². The molecule has 2 aromatic rings. The van der Waals surface area contributed by atoms with E-state index < -0.39 is 5.60 Å². The third-order valence-corrected chi connectivity index (χ3v) is 4.44. The third-order valence-electron chi connectivity index (χ3n) is 4.44. The fraction of sp³-hybridized carbons (Fsp3) is 0.588. The molecule has 0 aliphatic carbocycles. The standard InChI is InChI=1S/C17H25N5O2/c1-13(2)22-11-15(19-20-22)17(23)8-5-9-21(12-17)10-14-6-4-7-16(18-14)24-3/h4,6-7,11,13,23H,5,8-10,12H2,1-3H3/t17-/m1/s1. The highest BCUT2D eigenvalue weighted by molar-refractivity contribution is 5.16. The first-order chi connectivity index (χ1) is 11.5. The fourth-order valence-electron chi connectivity index (χ4n) is 3.10. The van der Waals surface area contributed by atoms with Gasteiger partial charge in [-0.05, 0) is 39.3 Å². The van der Waals surface area contributed by atoms with Gasteiger partial charge in [0, 0.05) is 25.2 Å². The summed E-state index contributed by atoms with van der Waals surface area (Å²) in [6.45, 7) is 6.23. The molecule has 0 unspecified atom stereocenters. The molecule has 1 saturated heterocycles. The molecule has 1 aliphatic rings. The fourth-order valence-corrected chi connectivity index (χ4v) is 3.10. The molecule has 0 amide bonds. The van der Waals surface area contributed by atoms with Crippen LogP contribution in [-0.2, 0) is 12.1 Å². The monoisotopic (exact) mass is 331 g/mol. The Morgan fingerprint density at radius 1 is 1.38 bits per heavy atom. The van der Waals surface area contributed by atoms with Gasteiger partial charge < -0.3 is 9.84 Å². The first kappa shape index (κ1) is 16.9. The van der Waals surface area contributed by atoms with E-state index in [1.54, 1.807) is 11.8 Å². The summed E-state index contributed by atoms with van der Waals surface area (Å²) in [5.41, 5.74) is 0.633. The van der Waals surface area contributed by atoms with Crippen molar-refractivity contribution in [3.05, 3.63) is 35.8 Å². The Labute approximate surface area is 142 Å². The molecule has 130 valence electrons. The van der Waals surface area contributed by atoms with E-state index in [-0.39, 0.29) is 6.04 Å². The van der Waals surface area contributed by atoms with Gasteiger partial charge in [0.1, 0.15) is 11.3 Å². The highest BCUT2D eigenvalue weighted by Crippen LogP contribution is 2.31. The van der Waals surface area contributed by atoms with Crippen molar-refractivity contribution in [2.75, 3.05) is 20.2 Å². The normalized spacial score (nSPS) is 22.0. The third kappa shape index (κ3) is 3.57. The Kier molecular flexibility index (Phi) is 4.82. The maximum Gasteiger partial charge on any atom is 0.213 e. The van der Waals surface area contributed by atoms with E-state index in [1.165, 1.54) is 0 Å². The second-order valence-corrected chi connectivity index (χ2v) is 6.69. The summed E-state index contributed by atoms with van der Waals surface area (Å²) in [4.78, 5) is 6.66. The summed E-state index contributed by atoms with van der Waals surface area (Å²) in [7, 11) is 1.61. The zero-order chi connectivity index (χ0) is 17.2. The highest BCUT2D eigenvalue weighted by Gasteiger charge is 2.37. The van der Waals surface area contributed by atoms with Crippen molar-refractivity contribution in [1.82, 2.24) is 24.9 Å². The highest BCUT2D eigenvalue weighted by atomic mass is 16.5. The van der Waals surface area contributed by atoms with Gasteiger partial charge in [-0.1, -0.05) is 11.3 Å². The molecule has 3 rings (SSSR count). The van der Waals surface area contributed by atoms with E-state index in [2.05, 4.69) is 20.2 Å². The molecule has 0 saturated carbocycles. The number of methoxy groups -OCH3 is 1. The van der Waals surface area contributed by atoms with Crippen LogP contribution in [0.2, 0.25) is 0 Å². The van der Waals surface area contributed by atoms with Crippen LogP contribution in [0.3, 0.4) is 0 Å². The van der Waals surface area contributed by atoms with E-state index in [0.29, 0.717) is 31.1 Å². The Bertz CT molecular complexity index is 687. The predicted octanol–water partition coefficient (Wildman–Crippen LogP) is 1.75. The van der Waals surface area contributed by atoms with Crippen LogP contribution < -0.4 is 4.74 Å². The SMILES string of the molecule is COc1cccc(CN2CCC[C@](O)(c3cn(C(C)C)nn3)C2)n1. The van der Waals surface area contributed by atoms with Crippen LogP contribution in [0.4, 0.5) is 0 Å². The summed E-state index contributed by atoms with van der Waals surface area (Å²) in [5, 5.41) is 19.4. The molecule has 0 bridgehead atoms. The van der Waals surface area contributed by atoms with E-state index in [1.807, 2.05) is 38.2 Å². The molecular formula is C17H25N5O2. The Balaban J connectivity index is 1.72. The van der Waals surface area contributed by atoms with Crippen LogP contribution in [0, 0.1) is 0 Å². The van der Waals surface area contributed by atoms with E-state index in [9.17, 15) is 5.11 Å². The van der Waals surface area contributed by atoms with Crippen LogP contribution in [0.5, 0.6) is 5.88 Å². The number of hydrogen-bond donors (Lipinski definition) is 1. The van der Waals surface area contributed by atoms with Gasteiger partial charge in [0.2, 0.25) is 5.88 Å². The first-order valence-corrected chi connectivity index (χ1v) is 8.37. The van der Waals surface area contributed by atoms with Crippen molar-refractivity contribution < 1.29 is 9.84 Å². The van der Waals surface area contributed by atoms with Gasteiger partial charge in [-0.2, -0.15) is 0 Å². The number of likely N-dealkylation sites (tertiary alicyclic amines) is 1. The summed E-state index contributed by atoms with van der Waals surface area (Å²) < 4.78 is 6.97. The Hall–Kier alpha value is -1.99. The number of nitrogens with zero attached hydrogens (tertiary/aromatic N) is 5. The molecule has 1 atom stereocenters. The van der Waals surface area contributed by atoms with Crippen molar-refractivity contribution in [1.29, 1.82) is 0 Å². The molecule has 3 heterocycles. The van der Waals surface area contributed by atoms with Gasteiger partial charge in [-0.15, -0.1) is 5.10 Å². The number of aliphatic hydroxyl groups is 1. The topological polar surface area (TPSA) is 76.3 Å². The molecule has 1 fully saturated rings.